The molecule has 0 atom stereocenters. The number of hydrogen-bond acceptors (Lipinski definition) is 4. The molecule has 0 spiro atoms. The van der Waals surface area contributed by atoms with Gasteiger partial charge in [-0.15, -0.1) is 11.8 Å². The summed E-state index contributed by atoms with van der Waals surface area (Å²) < 4.78 is 24.4. The first-order valence-electron chi connectivity index (χ1n) is 8.02. The number of hydrogen-bond donors (Lipinski definition) is 2. The molecule has 0 bridgehead atoms. The first-order chi connectivity index (χ1) is 12.1. The predicted molar refractivity (Wildman–Crippen MR) is 105 cm³/mol. The van der Waals surface area contributed by atoms with Crippen LogP contribution < -0.4 is 10.6 Å². The van der Waals surface area contributed by atoms with Gasteiger partial charge >= 0.3 is 0 Å². The van der Waals surface area contributed by atoms with Gasteiger partial charge in [0.1, 0.15) is 0 Å². The molecule has 0 saturated carbocycles. The topological polar surface area (TPSA) is 70.6 Å². The Bertz CT molecular complexity index is 763. The SMILES string of the molecule is CN=C(NCCSc1ccccc1)NCCS(=O)(=O)c1ccccc1. The first-order valence-corrected chi connectivity index (χ1v) is 10.7. The minimum absolute atomic E-state index is 0.0243. The fourth-order valence-electron chi connectivity index (χ4n) is 2.13. The van der Waals surface area contributed by atoms with E-state index in [4.69, 9.17) is 0 Å². The highest BCUT2D eigenvalue weighted by molar-refractivity contribution is 7.99. The van der Waals surface area contributed by atoms with E-state index in [1.807, 2.05) is 18.2 Å². The van der Waals surface area contributed by atoms with Gasteiger partial charge in [0.25, 0.3) is 0 Å². The van der Waals surface area contributed by atoms with Crippen LogP contribution in [0.25, 0.3) is 0 Å². The molecule has 0 saturated heterocycles. The molecule has 0 radical (unpaired) electrons. The third-order valence-corrected chi connectivity index (χ3v) is 6.14. The maximum absolute atomic E-state index is 12.2. The molecule has 134 valence electrons. The minimum Gasteiger partial charge on any atom is -0.356 e. The predicted octanol–water partition coefficient (Wildman–Crippen LogP) is 2.42. The van der Waals surface area contributed by atoms with Gasteiger partial charge in [-0.05, 0) is 24.3 Å². The normalized spacial score (nSPS) is 12.0. The number of rotatable bonds is 8. The van der Waals surface area contributed by atoms with Gasteiger partial charge in [-0.25, -0.2) is 8.42 Å². The maximum atomic E-state index is 12.2. The molecule has 0 aliphatic carbocycles. The van der Waals surface area contributed by atoms with Crippen LogP contribution in [0.4, 0.5) is 0 Å². The van der Waals surface area contributed by atoms with Crippen molar-refractivity contribution < 1.29 is 8.42 Å². The van der Waals surface area contributed by atoms with Gasteiger partial charge in [0, 0.05) is 30.8 Å². The van der Waals surface area contributed by atoms with E-state index >= 15 is 0 Å². The first kappa shape index (κ1) is 19.3. The molecule has 0 heterocycles. The van der Waals surface area contributed by atoms with Gasteiger partial charge in [-0.3, -0.25) is 4.99 Å². The fraction of sp³-hybridized carbons (Fsp3) is 0.278. The second-order valence-electron chi connectivity index (χ2n) is 5.22. The molecule has 0 unspecified atom stereocenters. The molecule has 2 aromatic rings. The molecule has 2 rings (SSSR count). The van der Waals surface area contributed by atoms with Crippen molar-refractivity contribution in [2.45, 2.75) is 9.79 Å². The van der Waals surface area contributed by atoms with E-state index in [0.717, 1.165) is 12.3 Å². The van der Waals surface area contributed by atoms with Gasteiger partial charge in [0.05, 0.1) is 10.6 Å². The van der Waals surface area contributed by atoms with Crippen molar-refractivity contribution in [1.82, 2.24) is 10.6 Å². The van der Waals surface area contributed by atoms with E-state index in [-0.39, 0.29) is 5.75 Å². The van der Waals surface area contributed by atoms with Crippen LogP contribution in [0.15, 0.2) is 75.4 Å². The number of nitrogens with one attached hydrogen (secondary N) is 2. The number of aliphatic imine (C=N–C) groups is 1. The summed E-state index contributed by atoms with van der Waals surface area (Å²) in [5.41, 5.74) is 0. The summed E-state index contributed by atoms with van der Waals surface area (Å²) in [5, 5.41) is 6.23. The Labute approximate surface area is 153 Å². The third kappa shape index (κ3) is 6.80. The molecule has 0 aromatic heterocycles. The second-order valence-corrected chi connectivity index (χ2v) is 8.50. The number of guanidine groups is 1. The van der Waals surface area contributed by atoms with E-state index in [1.54, 1.807) is 49.1 Å². The zero-order chi connectivity index (χ0) is 18.0. The van der Waals surface area contributed by atoms with Gasteiger partial charge in [-0.2, -0.15) is 0 Å². The highest BCUT2D eigenvalue weighted by atomic mass is 32.2. The van der Waals surface area contributed by atoms with Crippen molar-refractivity contribution in [2.24, 2.45) is 4.99 Å². The van der Waals surface area contributed by atoms with Gasteiger partial charge in [0.15, 0.2) is 15.8 Å². The van der Waals surface area contributed by atoms with Crippen LogP contribution in [0.5, 0.6) is 0 Å². The smallest absolute Gasteiger partial charge is 0.191 e. The lowest BCUT2D eigenvalue weighted by molar-refractivity contribution is 0.594. The highest BCUT2D eigenvalue weighted by Crippen LogP contribution is 2.15. The zero-order valence-corrected chi connectivity index (χ0v) is 15.8. The molecule has 0 amide bonds. The lowest BCUT2D eigenvalue weighted by atomic mass is 10.4. The summed E-state index contributed by atoms with van der Waals surface area (Å²) in [6.45, 7) is 1.05. The Morgan fingerprint density at radius 1 is 0.960 bits per heavy atom. The Morgan fingerprint density at radius 3 is 2.20 bits per heavy atom. The number of benzene rings is 2. The summed E-state index contributed by atoms with van der Waals surface area (Å²) in [6, 6.07) is 18.7. The summed E-state index contributed by atoms with van der Waals surface area (Å²) in [5.74, 6) is 1.53. The number of thioether (sulfide) groups is 1. The average Bonchev–Trinajstić information content (AvgIpc) is 2.65. The minimum atomic E-state index is -3.27. The van der Waals surface area contributed by atoms with Crippen LogP contribution >= 0.6 is 11.8 Å². The average molecular weight is 378 g/mol. The van der Waals surface area contributed by atoms with Crippen LogP contribution in [0.2, 0.25) is 0 Å². The molecule has 0 aliphatic heterocycles. The van der Waals surface area contributed by atoms with Gasteiger partial charge in [0.2, 0.25) is 0 Å². The highest BCUT2D eigenvalue weighted by Gasteiger charge is 2.13. The summed E-state index contributed by atoms with van der Waals surface area (Å²) >= 11 is 1.76. The third-order valence-electron chi connectivity index (χ3n) is 3.40. The lowest BCUT2D eigenvalue weighted by Gasteiger charge is -2.12. The Morgan fingerprint density at radius 2 is 1.56 bits per heavy atom. The van der Waals surface area contributed by atoms with Crippen LogP contribution in [-0.2, 0) is 9.84 Å². The van der Waals surface area contributed by atoms with Crippen molar-refractivity contribution >= 4 is 27.6 Å². The molecule has 7 heteroatoms. The van der Waals surface area contributed by atoms with Crippen molar-refractivity contribution in [2.75, 3.05) is 31.6 Å². The van der Waals surface area contributed by atoms with Crippen molar-refractivity contribution in [3.63, 3.8) is 0 Å². The van der Waals surface area contributed by atoms with Crippen molar-refractivity contribution in [3.8, 4) is 0 Å². The number of nitrogens with zero attached hydrogens (tertiary/aromatic N) is 1. The Hall–Kier alpha value is -1.99. The summed E-state index contributed by atoms with van der Waals surface area (Å²) in [7, 11) is -1.60. The van der Waals surface area contributed by atoms with E-state index in [1.165, 1.54) is 4.90 Å². The zero-order valence-electron chi connectivity index (χ0n) is 14.2. The van der Waals surface area contributed by atoms with Gasteiger partial charge < -0.3 is 10.6 Å². The lowest BCUT2D eigenvalue weighted by Crippen LogP contribution is -2.40. The van der Waals surface area contributed by atoms with E-state index in [0.29, 0.717) is 17.4 Å². The quantitative estimate of drug-likeness (QED) is 0.320. The number of sulfone groups is 1. The second kappa shape index (κ2) is 10.1. The van der Waals surface area contributed by atoms with Crippen LogP contribution in [-0.4, -0.2) is 46.0 Å². The van der Waals surface area contributed by atoms with Crippen molar-refractivity contribution in [3.05, 3.63) is 60.7 Å². The van der Waals surface area contributed by atoms with Crippen LogP contribution in [0.3, 0.4) is 0 Å². The van der Waals surface area contributed by atoms with E-state index in [2.05, 4.69) is 27.8 Å². The maximum Gasteiger partial charge on any atom is 0.191 e. The standard InChI is InChI=1S/C18H23N3O2S2/c1-19-18(20-12-14-24-16-8-4-2-5-9-16)21-13-15-25(22,23)17-10-6-3-7-11-17/h2-11H,12-15H2,1H3,(H2,19,20,21). The van der Waals surface area contributed by atoms with Gasteiger partial charge in [-0.1, -0.05) is 36.4 Å². The van der Waals surface area contributed by atoms with E-state index < -0.39 is 9.84 Å². The molecule has 5 nitrogen and oxygen atoms in total. The monoisotopic (exact) mass is 377 g/mol. The molecule has 2 N–H and O–H groups in total. The summed E-state index contributed by atoms with van der Waals surface area (Å²) in [4.78, 5) is 5.68. The largest absolute Gasteiger partial charge is 0.356 e. The van der Waals surface area contributed by atoms with Crippen molar-refractivity contribution in [1.29, 1.82) is 0 Å². The molecular formula is C18H23N3O2S2. The molecule has 2 aromatic carbocycles. The summed E-state index contributed by atoms with van der Waals surface area (Å²) in [6.07, 6.45) is 0. The Kier molecular flexibility index (Phi) is 7.81. The van der Waals surface area contributed by atoms with E-state index in [9.17, 15) is 8.42 Å². The fourth-order valence-corrected chi connectivity index (χ4v) is 4.09. The molecule has 0 aliphatic rings. The molecular weight excluding hydrogens is 354 g/mol. The Balaban J connectivity index is 1.70. The molecule has 0 fully saturated rings. The molecule has 25 heavy (non-hydrogen) atoms. The van der Waals surface area contributed by atoms with Crippen LogP contribution in [0, 0.1) is 0 Å². The van der Waals surface area contributed by atoms with Crippen LogP contribution in [0.1, 0.15) is 0 Å².